The number of hydrogen-bond donors (Lipinski definition) is 2. The molecule has 0 radical (unpaired) electrons. The Morgan fingerprint density at radius 1 is 0.964 bits per heavy atom. The molecular weight excluding hydrogens is 356 g/mol. The Labute approximate surface area is 160 Å². The van der Waals surface area contributed by atoms with Crippen LogP contribution in [0.2, 0.25) is 0 Å². The summed E-state index contributed by atoms with van der Waals surface area (Å²) in [4.78, 5) is 30.3. The number of hydrogen-bond acceptors (Lipinski definition) is 5. The number of carbonyl (C=O) groups excluding carboxylic acids is 1. The van der Waals surface area contributed by atoms with Crippen molar-refractivity contribution in [2.24, 2.45) is 0 Å². The number of aromatic nitrogens is 3. The van der Waals surface area contributed by atoms with Crippen LogP contribution in [0.3, 0.4) is 0 Å². The van der Waals surface area contributed by atoms with Crippen LogP contribution in [0.5, 0.6) is 0 Å². The first-order valence-corrected chi connectivity index (χ1v) is 8.58. The van der Waals surface area contributed by atoms with Gasteiger partial charge in [0, 0.05) is 29.2 Å². The third-order valence-electron chi connectivity index (χ3n) is 4.24. The molecule has 0 atom stereocenters. The summed E-state index contributed by atoms with van der Waals surface area (Å²) >= 11 is 0. The van der Waals surface area contributed by atoms with Crippen LogP contribution in [0.1, 0.15) is 15.9 Å². The number of aromatic amines is 1. The molecule has 0 saturated heterocycles. The third kappa shape index (κ3) is 3.73. The van der Waals surface area contributed by atoms with E-state index in [0.29, 0.717) is 22.6 Å². The van der Waals surface area contributed by atoms with Crippen LogP contribution in [-0.2, 0) is 0 Å². The Bertz CT molecular complexity index is 1180. The van der Waals surface area contributed by atoms with Gasteiger partial charge in [0.1, 0.15) is 0 Å². The van der Waals surface area contributed by atoms with Gasteiger partial charge < -0.3 is 5.32 Å². The normalized spacial score (nSPS) is 10.6. The van der Waals surface area contributed by atoms with Crippen LogP contribution in [0, 0.1) is 6.92 Å². The summed E-state index contributed by atoms with van der Waals surface area (Å²) in [7, 11) is 0. The summed E-state index contributed by atoms with van der Waals surface area (Å²) in [5.41, 5.74) is 4.79. The molecule has 0 fully saturated rings. The van der Waals surface area contributed by atoms with E-state index in [9.17, 15) is 9.59 Å². The molecule has 2 N–H and O–H groups in total. The lowest BCUT2D eigenvalue weighted by Crippen LogP contribution is -2.12. The first-order valence-electron chi connectivity index (χ1n) is 8.58. The van der Waals surface area contributed by atoms with Crippen molar-refractivity contribution in [3.63, 3.8) is 0 Å². The van der Waals surface area contributed by atoms with E-state index in [1.807, 2.05) is 37.3 Å². The van der Waals surface area contributed by atoms with Gasteiger partial charge in [0.25, 0.3) is 5.91 Å². The van der Waals surface area contributed by atoms with Crippen LogP contribution in [-0.4, -0.2) is 21.0 Å². The van der Waals surface area contributed by atoms with Crippen molar-refractivity contribution >= 4 is 11.6 Å². The van der Waals surface area contributed by atoms with Crippen LogP contribution in [0.4, 0.5) is 5.69 Å². The van der Waals surface area contributed by atoms with Crippen molar-refractivity contribution in [1.29, 1.82) is 0 Å². The molecule has 7 heteroatoms. The second-order valence-corrected chi connectivity index (χ2v) is 6.30. The van der Waals surface area contributed by atoms with Gasteiger partial charge in [-0.3, -0.25) is 19.3 Å². The quantitative estimate of drug-likeness (QED) is 0.569. The maximum atomic E-state index is 12.6. The molecule has 2 aromatic carbocycles. The highest BCUT2D eigenvalue weighted by Crippen LogP contribution is 2.21. The van der Waals surface area contributed by atoms with Crippen molar-refractivity contribution in [3.05, 3.63) is 88.7 Å². The highest BCUT2D eigenvalue weighted by molar-refractivity contribution is 6.04. The fourth-order valence-electron chi connectivity index (χ4n) is 2.74. The monoisotopic (exact) mass is 372 g/mol. The molecule has 0 unspecified atom stereocenters. The number of aryl methyl sites for hydroxylation is 1. The number of nitrogens with one attached hydrogen (secondary N) is 2. The van der Waals surface area contributed by atoms with Gasteiger partial charge >= 0.3 is 5.76 Å². The first kappa shape index (κ1) is 17.4. The zero-order chi connectivity index (χ0) is 19.5. The Hall–Kier alpha value is -4.00. The molecule has 0 aliphatic rings. The molecule has 138 valence electrons. The van der Waals surface area contributed by atoms with Crippen molar-refractivity contribution in [2.45, 2.75) is 6.92 Å². The number of rotatable bonds is 4. The maximum Gasteiger partial charge on any atom is 0.439 e. The first-order chi connectivity index (χ1) is 13.6. The third-order valence-corrected chi connectivity index (χ3v) is 4.24. The number of benzene rings is 2. The molecule has 4 rings (SSSR count). The van der Waals surface area contributed by atoms with E-state index >= 15 is 0 Å². The minimum absolute atomic E-state index is 0.260. The molecule has 0 spiro atoms. The Kier molecular flexibility index (Phi) is 4.55. The minimum Gasteiger partial charge on any atom is -0.322 e. The topological polar surface area (TPSA) is 101 Å². The number of carbonyl (C=O) groups is 1. The van der Waals surface area contributed by atoms with Crippen LogP contribution < -0.4 is 11.1 Å². The number of H-pyrrole nitrogens is 1. The molecule has 0 bridgehead atoms. The van der Waals surface area contributed by atoms with Crippen LogP contribution in [0.25, 0.3) is 22.5 Å². The van der Waals surface area contributed by atoms with Crippen molar-refractivity contribution < 1.29 is 9.32 Å². The highest BCUT2D eigenvalue weighted by atomic mass is 16.5. The number of pyridine rings is 1. The molecule has 0 aliphatic carbocycles. The summed E-state index contributed by atoms with van der Waals surface area (Å²) in [5, 5.41) is 6.46. The molecule has 7 nitrogen and oxygen atoms in total. The summed E-state index contributed by atoms with van der Waals surface area (Å²) in [5.74, 6) is -0.546. The van der Waals surface area contributed by atoms with E-state index < -0.39 is 5.76 Å². The maximum absolute atomic E-state index is 12.6. The number of nitrogens with zero attached hydrogens (tertiary/aromatic N) is 2. The summed E-state index contributed by atoms with van der Waals surface area (Å²) < 4.78 is 4.49. The zero-order valence-corrected chi connectivity index (χ0v) is 15.0. The Morgan fingerprint density at radius 2 is 1.68 bits per heavy atom. The van der Waals surface area contributed by atoms with E-state index in [4.69, 9.17) is 0 Å². The Balaban J connectivity index is 1.51. The van der Waals surface area contributed by atoms with Gasteiger partial charge in [0.2, 0.25) is 0 Å². The standard InChI is InChI=1S/C21H16N4O3/c1-13-2-4-14(5-3-13)16-10-17(12-22-11-16)20(26)23-18-8-6-15(7-9-18)19-24-21(27)28-25-19/h2-12H,1H3,(H,23,26)(H,24,25,27). The molecule has 2 heterocycles. The predicted octanol–water partition coefficient (Wildman–Crippen LogP) is 3.65. The lowest BCUT2D eigenvalue weighted by atomic mass is 10.0. The summed E-state index contributed by atoms with van der Waals surface area (Å²) in [6.07, 6.45) is 3.26. The van der Waals surface area contributed by atoms with Gasteiger partial charge in [-0.15, -0.1) is 0 Å². The van der Waals surface area contributed by atoms with Crippen LogP contribution >= 0.6 is 0 Å². The largest absolute Gasteiger partial charge is 0.439 e. The smallest absolute Gasteiger partial charge is 0.322 e. The number of anilines is 1. The molecule has 4 aromatic rings. The molecule has 2 aromatic heterocycles. The minimum atomic E-state index is -0.617. The van der Waals surface area contributed by atoms with Gasteiger partial charge in [-0.25, -0.2) is 4.79 Å². The van der Waals surface area contributed by atoms with Gasteiger partial charge in [0.15, 0.2) is 5.82 Å². The summed E-state index contributed by atoms with van der Waals surface area (Å²) in [6.45, 7) is 2.03. The Morgan fingerprint density at radius 3 is 2.36 bits per heavy atom. The fourth-order valence-corrected chi connectivity index (χ4v) is 2.74. The average molecular weight is 372 g/mol. The van der Waals surface area contributed by atoms with Gasteiger partial charge in [-0.05, 0) is 42.8 Å². The van der Waals surface area contributed by atoms with Crippen LogP contribution in [0.15, 0.2) is 76.3 Å². The summed E-state index contributed by atoms with van der Waals surface area (Å²) in [6, 6.07) is 16.7. The molecular formula is C21H16N4O3. The lowest BCUT2D eigenvalue weighted by Gasteiger charge is -2.08. The zero-order valence-electron chi connectivity index (χ0n) is 15.0. The van der Waals surface area contributed by atoms with E-state index in [1.165, 1.54) is 11.8 Å². The lowest BCUT2D eigenvalue weighted by molar-refractivity contribution is 0.102. The van der Waals surface area contributed by atoms with E-state index in [1.54, 1.807) is 30.5 Å². The van der Waals surface area contributed by atoms with E-state index in [2.05, 4.69) is 25.0 Å². The predicted molar refractivity (Wildman–Crippen MR) is 105 cm³/mol. The number of amides is 1. The van der Waals surface area contributed by atoms with E-state index in [-0.39, 0.29) is 5.91 Å². The van der Waals surface area contributed by atoms with Crippen molar-refractivity contribution in [3.8, 4) is 22.5 Å². The average Bonchev–Trinajstić information content (AvgIpc) is 3.15. The van der Waals surface area contributed by atoms with Crippen molar-refractivity contribution in [2.75, 3.05) is 5.32 Å². The molecule has 28 heavy (non-hydrogen) atoms. The highest BCUT2D eigenvalue weighted by Gasteiger charge is 2.10. The van der Waals surface area contributed by atoms with Gasteiger partial charge in [-0.1, -0.05) is 35.0 Å². The SMILES string of the molecule is Cc1ccc(-c2cncc(C(=O)Nc3ccc(-c4noc(=O)[nH]4)cc3)c2)cc1. The molecule has 1 amide bonds. The second kappa shape index (κ2) is 7.32. The van der Waals surface area contributed by atoms with Crippen molar-refractivity contribution in [1.82, 2.24) is 15.1 Å². The van der Waals surface area contributed by atoms with E-state index in [0.717, 1.165) is 11.1 Å². The fraction of sp³-hybridized carbons (Fsp3) is 0.0476. The second-order valence-electron chi connectivity index (χ2n) is 6.30. The molecule has 0 saturated carbocycles. The molecule has 0 aliphatic heterocycles. The van der Waals surface area contributed by atoms with Gasteiger partial charge in [0.05, 0.1) is 5.56 Å². The van der Waals surface area contributed by atoms with Gasteiger partial charge in [-0.2, -0.15) is 0 Å².